The van der Waals surface area contributed by atoms with E-state index in [-0.39, 0.29) is 11.3 Å². The van der Waals surface area contributed by atoms with Gasteiger partial charge in [0.15, 0.2) is 0 Å². The fourth-order valence-corrected chi connectivity index (χ4v) is 2.15. The molecule has 0 amide bonds. The smallest absolute Gasteiger partial charge is 0.339 e. The molecule has 0 saturated carbocycles. The van der Waals surface area contributed by atoms with E-state index in [9.17, 15) is 9.90 Å². The molecule has 0 aliphatic carbocycles. The largest absolute Gasteiger partial charge is 0.507 e. The van der Waals surface area contributed by atoms with Gasteiger partial charge in [-0.25, -0.2) is 4.79 Å². The lowest BCUT2D eigenvalue weighted by Crippen LogP contribution is -2.07. The molecular weight excluding hydrogens is 328 g/mol. The van der Waals surface area contributed by atoms with Crippen LogP contribution in [-0.2, 0) is 0 Å². The SMILES string of the molecule is CCC(C)COc1ccc(O)c(C(=O)O)c1.CCC(C)c1ccccc1. The van der Waals surface area contributed by atoms with Gasteiger partial charge in [0.1, 0.15) is 17.1 Å². The molecule has 0 aromatic heterocycles. The molecule has 4 heteroatoms. The van der Waals surface area contributed by atoms with E-state index in [1.807, 2.05) is 0 Å². The molecule has 2 N–H and O–H groups in total. The molecule has 142 valence electrons. The molecule has 2 atom stereocenters. The third-order valence-electron chi connectivity index (χ3n) is 4.41. The zero-order chi connectivity index (χ0) is 19.5. The Morgan fingerprint density at radius 2 is 1.69 bits per heavy atom. The van der Waals surface area contributed by atoms with E-state index in [2.05, 4.69) is 58.0 Å². The number of hydrogen-bond acceptors (Lipinski definition) is 3. The predicted octanol–water partition coefficient (Wildman–Crippen LogP) is 5.72. The number of rotatable bonds is 7. The van der Waals surface area contributed by atoms with Crippen LogP contribution in [0.1, 0.15) is 62.4 Å². The number of ether oxygens (including phenoxy) is 1. The Morgan fingerprint density at radius 3 is 2.23 bits per heavy atom. The van der Waals surface area contributed by atoms with Crippen molar-refractivity contribution in [2.45, 2.75) is 46.5 Å². The molecule has 0 saturated heterocycles. The van der Waals surface area contributed by atoms with E-state index in [1.165, 1.54) is 24.1 Å². The first-order valence-electron chi connectivity index (χ1n) is 9.13. The number of carbonyl (C=O) groups is 1. The summed E-state index contributed by atoms with van der Waals surface area (Å²) < 4.78 is 5.43. The summed E-state index contributed by atoms with van der Waals surface area (Å²) in [7, 11) is 0. The second-order valence-corrected chi connectivity index (χ2v) is 6.53. The molecule has 2 unspecified atom stereocenters. The van der Waals surface area contributed by atoms with Gasteiger partial charge in [0.05, 0.1) is 6.61 Å². The molecule has 0 fully saturated rings. The van der Waals surface area contributed by atoms with Crippen LogP contribution >= 0.6 is 0 Å². The second kappa shape index (κ2) is 11.2. The summed E-state index contributed by atoms with van der Waals surface area (Å²) in [6.45, 7) is 9.14. The Bertz CT molecular complexity index is 667. The summed E-state index contributed by atoms with van der Waals surface area (Å²) in [6.07, 6.45) is 2.23. The third kappa shape index (κ3) is 7.18. The highest BCUT2D eigenvalue weighted by atomic mass is 16.5. The fourth-order valence-electron chi connectivity index (χ4n) is 2.15. The highest BCUT2D eigenvalue weighted by Crippen LogP contribution is 2.23. The Morgan fingerprint density at radius 1 is 1.04 bits per heavy atom. The molecule has 4 nitrogen and oxygen atoms in total. The fraction of sp³-hybridized carbons (Fsp3) is 0.409. The van der Waals surface area contributed by atoms with Gasteiger partial charge < -0.3 is 14.9 Å². The molecule has 2 aromatic rings. The Hall–Kier alpha value is -2.49. The average molecular weight is 358 g/mol. The first-order chi connectivity index (χ1) is 12.4. The second-order valence-electron chi connectivity index (χ2n) is 6.53. The normalized spacial score (nSPS) is 12.5. The Balaban J connectivity index is 0.000000289. The van der Waals surface area contributed by atoms with Crippen molar-refractivity contribution >= 4 is 5.97 Å². The minimum atomic E-state index is -1.16. The van der Waals surface area contributed by atoms with Gasteiger partial charge in [0, 0.05) is 0 Å². The van der Waals surface area contributed by atoms with Crippen LogP contribution in [0.2, 0.25) is 0 Å². The monoisotopic (exact) mass is 358 g/mol. The maximum Gasteiger partial charge on any atom is 0.339 e. The van der Waals surface area contributed by atoms with Crippen LogP contribution in [0.5, 0.6) is 11.5 Å². The van der Waals surface area contributed by atoms with Crippen molar-refractivity contribution in [3.05, 3.63) is 59.7 Å². The van der Waals surface area contributed by atoms with Crippen LogP contribution < -0.4 is 4.74 Å². The van der Waals surface area contributed by atoms with Gasteiger partial charge in [0.2, 0.25) is 0 Å². The standard InChI is InChI=1S/C12H16O4.C10H14/c1-3-8(2)7-16-9-4-5-11(13)10(6-9)12(14)15;1-3-9(2)10-7-5-4-6-8-10/h4-6,8,13H,3,7H2,1-2H3,(H,14,15);4-9H,3H2,1-2H3. The highest BCUT2D eigenvalue weighted by Gasteiger charge is 2.11. The maximum atomic E-state index is 10.8. The van der Waals surface area contributed by atoms with Crippen LogP contribution in [0, 0.1) is 5.92 Å². The minimum Gasteiger partial charge on any atom is -0.507 e. The number of carboxylic acids is 1. The van der Waals surface area contributed by atoms with Crippen molar-refractivity contribution in [1.82, 2.24) is 0 Å². The van der Waals surface area contributed by atoms with Gasteiger partial charge in [-0.2, -0.15) is 0 Å². The van der Waals surface area contributed by atoms with E-state index in [0.717, 1.165) is 6.42 Å². The van der Waals surface area contributed by atoms with Crippen molar-refractivity contribution < 1.29 is 19.7 Å². The van der Waals surface area contributed by atoms with E-state index >= 15 is 0 Å². The number of carboxylic acid groups (broad SMARTS) is 1. The lowest BCUT2D eigenvalue weighted by atomic mass is 9.99. The number of aromatic hydroxyl groups is 1. The van der Waals surface area contributed by atoms with Crippen molar-refractivity contribution in [2.24, 2.45) is 5.92 Å². The molecule has 0 heterocycles. The molecule has 0 aliphatic rings. The Labute approximate surface area is 156 Å². The molecular formula is C22H30O4. The topological polar surface area (TPSA) is 66.8 Å². The summed E-state index contributed by atoms with van der Waals surface area (Å²) >= 11 is 0. The van der Waals surface area contributed by atoms with E-state index in [4.69, 9.17) is 9.84 Å². The van der Waals surface area contributed by atoms with E-state index in [0.29, 0.717) is 24.2 Å². The molecule has 0 aliphatic heterocycles. The number of aromatic carboxylic acids is 1. The average Bonchev–Trinajstić information content (AvgIpc) is 2.67. The van der Waals surface area contributed by atoms with Crippen molar-refractivity contribution in [1.29, 1.82) is 0 Å². The number of benzene rings is 2. The summed E-state index contributed by atoms with van der Waals surface area (Å²) in [5, 5.41) is 18.1. The van der Waals surface area contributed by atoms with Gasteiger partial charge in [-0.1, -0.05) is 64.4 Å². The Kier molecular flexibility index (Phi) is 9.27. The van der Waals surface area contributed by atoms with E-state index < -0.39 is 5.97 Å². The van der Waals surface area contributed by atoms with Crippen molar-refractivity contribution in [2.75, 3.05) is 6.61 Å². The minimum absolute atomic E-state index is 0.137. The lowest BCUT2D eigenvalue weighted by Gasteiger charge is -2.11. The molecule has 26 heavy (non-hydrogen) atoms. The summed E-state index contributed by atoms with van der Waals surface area (Å²) in [5.41, 5.74) is 1.31. The highest BCUT2D eigenvalue weighted by molar-refractivity contribution is 5.91. The van der Waals surface area contributed by atoms with E-state index in [1.54, 1.807) is 6.07 Å². The zero-order valence-electron chi connectivity index (χ0n) is 16.1. The van der Waals surface area contributed by atoms with Gasteiger partial charge in [0.25, 0.3) is 0 Å². The first-order valence-corrected chi connectivity index (χ1v) is 9.13. The van der Waals surface area contributed by atoms with Crippen molar-refractivity contribution in [3.8, 4) is 11.5 Å². The maximum absolute atomic E-state index is 10.8. The summed E-state index contributed by atoms with van der Waals surface area (Å²) in [4.78, 5) is 10.8. The predicted molar refractivity (Wildman–Crippen MR) is 105 cm³/mol. The zero-order valence-corrected chi connectivity index (χ0v) is 16.1. The van der Waals surface area contributed by atoms with Gasteiger partial charge in [-0.05, 0) is 42.0 Å². The summed E-state index contributed by atoms with van der Waals surface area (Å²) in [5.74, 6) is 0.189. The van der Waals surface area contributed by atoms with Crippen LogP contribution in [0.4, 0.5) is 0 Å². The van der Waals surface area contributed by atoms with Crippen LogP contribution in [0.15, 0.2) is 48.5 Å². The lowest BCUT2D eigenvalue weighted by molar-refractivity contribution is 0.0693. The van der Waals surface area contributed by atoms with Crippen LogP contribution in [0.3, 0.4) is 0 Å². The quantitative estimate of drug-likeness (QED) is 0.665. The first kappa shape index (κ1) is 21.6. The van der Waals surface area contributed by atoms with Crippen LogP contribution in [0.25, 0.3) is 0 Å². The van der Waals surface area contributed by atoms with Crippen molar-refractivity contribution in [3.63, 3.8) is 0 Å². The van der Waals surface area contributed by atoms with Gasteiger partial charge in [-0.3, -0.25) is 0 Å². The van der Waals surface area contributed by atoms with Gasteiger partial charge in [-0.15, -0.1) is 0 Å². The number of hydrogen-bond donors (Lipinski definition) is 2. The molecule has 0 bridgehead atoms. The third-order valence-corrected chi connectivity index (χ3v) is 4.41. The summed E-state index contributed by atoms with van der Waals surface area (Å²) in [6, 6.07) is 14.9. The van der Waals surface area contributed by atoms with Gasteiger partial charge >= 0.3 is 5.97 Å². The molecule has 0 spiro atoms. The number of phenols is 1. The molecule has 2 aromatic carbocycles. The molecule has 2 rings (SSSR count). The van der Waals surface area contributed by atoms with Crippen LogP contribution in [-0.4, -0.2) is 22.8 Å². The molecule has 0 radical (unpaired) electrons.